The third-order valence-corrected chi connectivity index (χ3v) is 7.48. The first-order valence-corrected chi connectivity index (χ1v) is 12.7. The van der Waals surface area contributed by atoms with Gasteiger partial charge in [0.15, 0.2) is 11.5 Å². The summed E-state index contributed by atoms with van der Waals surface area (Å²) in [7, 11) is -1.87. The number of benzene rings is 2. The molecule has 4 rings (SSSR count). The summed E-state index contributed by atoms with van der Waals surface area (Å²) in [5.74, 6) is 1.32. The zero-order valence-electron chi connectivity index (χ0n) is 19.1. The Bertz CT molecular complexity index is 1070. The molecule has 0 spiro atoms. The lowest BCUT2D eigenvalue weighted by atomic mass is 9.96. The number of hydrazone groups is 1. The van der Waals surface area contributed by atoms with E-state index >= 15 is 0 Å². The number of ether oxygens (including phenoxy) is 3. The van der Waals surface area contributed by atoms with Gasteiger partial charge in [-0.15, -0.1) is 0 Å². The molecule has 2 aliphatic rings. The van der Waals surface area contributed by atoms with Crippen molar-refractivity contribution in [3.05, 3.63) is 53.6 Å². The lowest BCUT2D eigenvalue weighted by Gasteiger charge is -2.22. The fraction of sp³-hybridized carbons (Fsp3) is 0.458. The molecule has 1 fully saturated rings. The van der Waals surface area contributed by atoms with E-state index in [4.69, 9.17) is 19.3 Å². The van der Waals surface area contributed by atoms with Crippen molar-refractivity contribution < 1.29 is 22.6 Å². The van der Waals surface area contributed by atoms with Crippen molar-refractivity contribution in [3.8, 4) is 11.5 Å². The van der Waals surface area contributed by atoms with Gasteiger partial charge in [0.1, 0.15) is 0 Å². The van der Waals surface area contributed by atoms with Gasteiger partial charge in [-0.1, -0.05) is 23.8 Å². The Labute approximate surface area is 195 Å². The second-order valence-corrected chi connectivity index (χ2v) is 10.2. The summed E-state index contributed by atoms with van der Waals surface area (Å²) in [6.07, 6.45) is 4.59. The van der Waals surface area contributed by atoms with Crippen LogP contribution >= 0.6 is 0 Å². The number of nitrogens with zero attached hydrogens (tertiary/aromatic N) is 2. The minimum atomic E-state index is -3.58. The molecular weight excluding hydrogens is 442 g/mol. The summed E-state index contributed by atoms with van der Waals surface area (Å²) in [4.78, 5) is 0.265. The van der Waals surface area contributed by atoms with Crippen molar-refractivity contribution in [1.29, 1.82) is 0 Å². The molecule has 0 bridgehead atoms. The van der Waals surface area contributed by atoms with E-state index in [0.29, 0.717) is 24.5 Å². The maximum Gasteiger partial charge on any atom is 0.240 e. The molecule has 2 atom stereocenters. The van der Waals surface area contributed by atoms with E-state index in [1.165, 1.54) is 0 Å². The highest BCUT2D eigenvalue weighted by Crippen LogP contribution is 2.35. The number of hydrogen-bond acceptors (Lipinski definition) is 7. The highest BCUT2D eigenvalue weighted by atomic mass is 32.2. The summed E-state index contributed by atoms with van der Waals surface area (Å²) in [5, 5.41) is 6.82. The standard InChI is InChI=1S/C24H31N3O5S/c1-18-5-8-22(9-6-18)33(28,29)26-12-11-20(15-25-27-13-3-4-21(27)16-30-2)19-7-10-23-24(14-19)32-17-31-23/h5-10,14-15,20-21,26H,3-4,11-13,16-17H2,1-2H3/b25-15+/t20-,21-/m1/s1. The fourth-order valence-corrected chi connectivity index (χ4v) is 5.17. The zero-order chi connectivity index (χ0) is 23.3. The van der Waals surface area contributed by atoms with E-state index in [9.17, 15) is 8.42 Å². The minimum absolute atomic E-state index is 0.0935. The molecule has 8 nitrogen and oxygen atoms in total. The van der Waals surface area contributed by atoms with Crippen LogP contribution in [0, 0.1) is 6.92 Å². The van der Waals surface area contributed by atoms with Crippen LogP contribution in [-0.2, 0) is 14.8 Å². The van der Waals surface area contributed by atoms with Crippen LogP contribution in [0.2, 0.25) is 0 Å². The molecule has 0 saturated carbocycles. The number of nitrogens with one attached hydrogen (secondary N) is 1. The first-order valence-electron chi connectivity index (χ1n) is 11.2. The number of hydrogen-bond donors (Lipinski definition) is 1. The molecule has 2 aromatic rings. The van der Waals surface area contributed by atoms with Crippen LogP contribution in [-0.4, -0.2) is 59.3 Å². The van der Waals surface area contributed by atoms with E-state index in [-0.39, 0.29) is 30.2 Å². The second-order valence-electron chi connectivity index (χ2n) is 8.40. The quantitative estimate of drug-likeness (QED) is 0.533. The lowest BCUT2D eigenvalue weighted by molar-refractivity contribution is 0.118. The summed E-state index contributed by atoms with van der Waals surface area (Å²) < 4.78 is 44.4. The Morgan fingerprint density at radius 3 is 2.79 bits per heavy atom. The van der Waals surface area contributed by atoms with E-state index in [1.807, 2.05) is 31.3 Å². The average Bonchev–Trinajstić information content (AvgIpc) is 3.45. The molecule has 2 heterocycles. The number of rotatable bonds is 10. The molecule has 0 amide bonds. The maximum atomic E-state index is 12.7. The summed E-state index contributed by atoms with van der Waals surface area (Å²) in [5.41, 5.74) is 2.02. The Kier molecular flexibility index (Phi) is 7.52. The Morgan fingerprint density at radius 2 is 2.00 bits per heavy atom. The van der Waals surface area contributed by atoms with Gasteiger partial charge in [0.05, 0.1) is 17.5 Å². The van der Waals surface area contributed by atoms with Crippen LogP contribution in [0.3, 0.4) is 0 Å². The van der Waals surface area contributed by atoms with Crippen molar-refractivity contribution in [1.82, 2.24) is 9.73 Å². The van der Waals surface area contributed by atoms with Crippen molar-refractivity contribution in [2.24, 2.45) is 5.10 Å². The Balaban J connectivity index is 1.48. The van der Waals surface area contributed by atoms with Gasteiger partial charge in [0, 0.05) is 32.3 Å². The van der Waals surface area contributed by atoms with Crippen LogP contribution in [0.5, 0.6) is 11.5 Å². The Hall–Kier alpha value is -2.62. The Morgan fingerprint density at radius 1 is 1.21 bits per heavy atom. The molecule has 9 heteroatoms. The summed E-state index contributed by atoms with van der Waals surface area (Å²) in [6.45, 7) is 3.95. The second kappa shape index (κ2) is 10.5. The molecule has 0 aliphatic carbocycles. The fourth-order valence-electron chi connectivity index (χ4n) is 4.12. The van der Waals surface area contributed by atoms with Gasteiger partial charge in [-0.25, -0.2) is 13.1 Å². The van der Waals surface area contributed by atoms with Gasteiger partial charge in [0.25, 0.3) is 0 Å². The maximum absolute atomic E-state index is 12.7. The molecule has 1 N–H and O–H groups in total. The predicted octanol–water partition coefficient (Wildman–Crippen LogP) is 3.27. The summed E-state index contributed by atoms with van der Waals surface area (Å²) in [6, 6.07) is 12.9. The van der Waals surface area contributed by atoms with E-state index in [1.54, 1.807) is 31.4 Å². The van der Waals surface area contributed by atoms with E-state index in [2.05, 4.69) is 9.73 Å². The van der Waals surface area contributed by atoms with E-state index in [0.717, 1.165) is 30.5 Å². The molecular formula is C24H31N3O5S. The van der Waals surface area contributed by atoms with Crippen LogP contribution < -0.4 is 14.2 Å². The molecule has 2 aliphatic heterocycles. The predicted molar refractivity (Wildman–Crippen MR) is 126 cm³/mol. The van der Waals surface area contributed by atoms with Crippen LogP contribution in [0.25, 0.3) is 0 Å². The van der Waals surface area contributed by atoms with Gasteiger partial charge in [-0.3, -0.25) is 5.01 Å². The number of fused-ring (bicyclic) bond motifs is 1. The molecule has 33 heavy (non-hydrogen) atoms. The smallest absolute Gasteiger partial charge is 0.240 e. The average molecular weight is 474 g/mol. The van der Waals surface area contributed by atoms with Gasteiger partial charge in [-0.2, -0.15) is 5.10 Å². The molecule has 0 unspecified atom stereocenters. The monoisotopic (exact) mass is 473 g/mol. The van der Waals surface area contributed by atoms with E-state index < -0.39 is 10.0 Å². The van der Waals surface area contributed by atoms with Gasteiger partial charge in [-0.05, 0) is 56.0 Å². The minimum Gasteiger partial charge on any atom is -0.454 e. The molecule has 2 aromatic carbocycles. The third-order valence-electron chi connectivity index (χ3n) is 6.00. The molecule has 0 radical (unpaired) electrons. The highest BCUT2D eigenvalue weighted by molar-refractivity contribution is 7.89. The molecule has 1 saturated heterocycles. The van der Waals surface area contributed by atoms with Crippen LogP contribution in [0.4, 0.5) is 0 Å². The van der Waals surface area contributed by atoms with Crippen molar-refractivity contribution in [2.45, 2.75) is 43.0 Å². The van der Waals surface area contributed by atoms with Crippen molar-refractivity contribution >= 4 is 16.2 Å². The highest BCUT2D eigenvalue weighted by Gasteiger charge is 2.24. The third kappa shape index (κ3) is 5.85. The summed E-state index contributed by atoms with van der Waals surface area (Å²) >= 11 is 0. The van der Waals surface area contributed by atoms with Gasteiger partial charge >= 0.3 is 0 Å². The first kappa shape index (κ1) is 23.5. The number of methoxy groups -OCH3 is 1. The molecule has 0 aromatic heterocycles. The normalized spacial score (nSPS) is 18.8. The SMILES string of the molecule is COC[C@H]1CCCN1/N=C/[C@@H](CCNS(=O)(=O)c1ccc(C)cc1)c1ccc2c(c1)OCO2. The first-order chi connectivity index (χ1) is 16.0. The van der Waals surface area contributed by atoms with Gasteiger partial charge in [0.2, 0.25) is 16.8 Å². The number of aryl methyl sites for hydroxylation is 1. The number of sulfonamides is 1. The largest absolute Gasteiger partial charge is 0.454 e. The molecule has 178 valence electrons. The van der Waals surface area contributed by atoms with Gasteiger partial charge < -0.3 is 14.2 Å². The lowest BCUT2D eigenvalue weighted by Crippen LogP contribution is -2.29. The van der Waals surface area contributed by atoms with Crippen LogP contribution in [0.1, 0.15) is 36.3 Å². The van der Waals surface area contributed by atoms with Crippen molar-refractivity contribution in [2.75, 3.05) is 33.6 Å². The topological polar surface area (TPSA) is 89.5 Å². The zero-order valence-corrected chi connectivity index (χ0v) is 19.9. The van der Waals surface area contributed by atoms with Crippen molar-refractivity contribution in [3.63, 3.8) is 0 Å². The van der Waals surface area contributed by atoms with Crippen LogP contribution in [0.15, 0.2) is 52.5 Å².